The quantitative estimate of drug-likeness (QED) is 0.797. The molecule has 0 aliphatic heterocycles. The lowest BCUT2D eigenvalue weighted by Crippen LogP contribution is -2.14. The number of hydrogen-bond donors (Lipinski definition) is 1. The Bertz CT molecular complexity index is 329. The monoisotopic (exact) mass is 349 g/mol. The molecule has 0 saturated heterocycles. The molecule has 0 aromatic carbocycles. The van der Waals surface area contributed by atoms with Gasteiger partial charge in [-0.3, -0.25) is 0 Å². The van der Waals surface area contributed by atoms with Crippen LogP contribution in [-0.4, -0.2) is 37.1 Å². The Hall–Kier alpha value is -0.130. The number of pyridine rings is 1. The highest BCUT2D eigenvalue weighted by Crippen LogP contribution is 2.23. The molecule has 0 bridgehead atoms. The molecule has 1 aromatic heterocycles. The summed E-state index contributed by atoms with van der Waals surface area (Å²) in [5.74, 6) is 0.910. The average molecular weight is 351 g/mol. The molecule has 1 N–H and O–H groups in total. The zero-order valence-corrected chi connectivity index (χ0v) is 12.8. The number of aromatic nitrogens is 1. The van der Waals surface area contributed by atoms with Gasteiger partial charge in [-0.05, 0) is 71.4 Å². The molecule has 0 saturated carbocycles. The Balaban J connectivity index is 2.27. The second-order valence-electron chi connectivity index (χ2n) is 3.92. The van der Waals surface area contributed by atoms with E-state index in [1.807, 2.05) is 6.07 Å². The maximum Gasteiger partial charge on any atom is 0.140 e. The largest absolute Gasteiger partial charge is 0.369 e. The first-order valence-corrected chi connectivity index (χ1v) is 6.88. The van der Waals surface area contributed by atoms with Crippen molar-refractivity contribution >= 4 is 37.7 Å². The van der Waals surface area contributed by atoms with Crippen LogP contribution in [0.4, 0.5) is 5.82 Å². The molecule has 1 rings (SSSR count). The van der Waals surface area contributed by atoms with Crippen LogP contribution in [0.25, 0.3) is 0 Å². The van der Waals surface area contributed by atoms with Crippen LogP contribution in [-0.2, 0) is 0 Å². The van der Waals surface area contributed by atoms with Crippen LogP contribution in [0.15, 0.2) is 21.2 Å². The Morgan fingerprint density at radius 3 is 2.69 bits per heavy atom. The van der Waals surface area contributed by atoms with Crippen LogP contribution in [0.5, 0.6) is 0 Å². The zero-order chi connectivity index (χ0) is 12.0. The van der Waals surface area contributed by atoms with Gasteiger partial charge in [0.05, 0.1) is 4.47 Å². The number of nitrogens with zero attached hydrogens (tertiary/aromatic N) is 2. The molecule has 0 radical (unpaired) electrons. The molecule has 16 heavy (non-hydrogen) atoms. The number of nitrogens with one attached hydrogen (secondary N) is 1. The predicted molar refractivity (Wildman–Crippen MR) is 75.9 cm³/mol. The summed E-state index contributed by atoms with van der Waals surface area (Å²) in [6, 6.07) is 2.00. The van der Waals surface area contributed by atoms with Gasteiger partial charge in [0.15, 0.2) is 0 Å². The maximum absolute atomic E-state index is 4.30. The molecule has 1 aromatic rings. The van der Waals surface area contributed by atoms with Crippen LogP contribution in [0, 0.1) is 0 Å². The SMILES string of the molecule is CN(C)CCCCNc1ncc(Br)cc1Br. The Morgan fingerprint density at radius 1 is 1.31 bits per heavy atom. The Labute approximate surface area is 114 Å². The van der Waals surface area contributed by atoms with Crippen molar-refractivity contribution in [3.05, 3.63) is 21.2 Å². The third-order valence-corrected chi connectivity index (χ3v) is 3.17. The number of anilines is 1. The molecule has 0 aliphatic rings. The minimum Gasteiger partial charge on any atom is -0.369 e. The lowest BCUT2D eigenvalue weighted by atomic mass is 10.3. The van der Waals surface area contributed by atoms with Crippen LogP contribution in [0.3, 0.4) is 0 Å². The van der Waals surface area contributed by atoms with Crippen molar-refractivity contribution in [3.8, 4) is 0 Å². The summed E-state index contributed by atoms with van der Waals surface area (Å²) in [5, 5.41) is 3.32. The smallest absolute Gasteiger partial charge is 0.140 e. The summed E-state index contributed by atoms with van der Waals surface area (Å²) < 4.78 is 1.98. The normalized spacial score (nSPS) is 10.8. The standard InChI is InChI=1S/C11H17Br2N3/c1-16(2)6-4-3-5-14-11-10(13)7-9(12)8-15-11/h7-8H,3-6H2,1-2H3,(H,14,15). The average Bonchev–Trinajstić information content (AvgIpc) is 2.20. The van der Waals surface area contributed by atoms with Gasteiger partial charge in [-0.1, -0.05) is 0 Å². The third-order valence-electron chi connectivity index (χ3n) is 2.13. The lowest BCUT2D eigenvalue weighted by Gasteiger charge is -2.10. The van der Waals surface area contributed by atoms with Crippen molar-refractivity contribution in [3.63, 3.8) is 0 Å². The molecule has 0 aliphatic carbocycles. The van der Waals surface area contributed by atoms with Crippen molar-refractivity contribution in [2.24, 2.45) is 0 Å². The number of halogens is 2. The molecule has 90 valence electrons. The highest BCUT2D eigenvalue weighted by Gasteiger charge is 2.00. The van der Waals surface area contributed by atoms with E-state index in [1.54, 1.807) is 6.20 Å². The summed E-state index contributed by atoms with van der Waals surface area (Å²) in [7, 11) is 4.20. The van der Waals surface area contributed by atoms with E-state index in [-0.39, 0.29) is 0 Å². The van der Waals surface area contributed by atoms with Gasteiger partial charge in [0.25, 0.3) is 0 Å². The van der Waals surface area contributed by atoms with Gasteiger partial charge in [0, 0.05) is 17.2 Å². The summed E-state index contributed by atoms with van der Waals surface area (Å²) in [6.07, 6.45) is 4.16. The van der Waals surface area contributed by atoms with Gasteiger partial charge in [-0.15, -0.1) is 0 Å². The molecule has 0 atom stereocenters. The van der Waals surface area contributed by atoms with E-state index in [1.165, 1.54) is 6.42 Å². The van der Waals surface area contributed by atoms with Gasteiger partial charge in [-0.25, -0.2) is 4.98 Å². The van der Waals surface area contributed by atoms with Gasteiger partial charge in [-0.2, -0.15) is 0 Å². The van der Waals surface area contributed by atoms with E-state index in [0.717, 1.165) is 34.3 Å². The molecule has 0 fully saturated rings. The number of hydrogen-bond acceptors (Lipinski definition) is 3. The summed E-state index contributed by atoms with van der Waals surface area (Å²) in [4.78, 5) is 6.50. The van der Waals surface area contributed by atoms with Crippen molar-refractivity contribution in [2.75, 3.05) is 32.5 Å². The van der Waals surface area contributed by atoms with Crippen LogP contribution in [0.2, 0.25) is 0 Å². The molecule has 1 heterocycles. The van der Waals surface area contributed by atoms with E-state index in [0.29, 0.717) is 0 Å². The van der Waals surface area contributed by atoms with E-state index < -0.39 is 0 Å². The van der Waals surface area contributed by atoms with Crippen LogP contribution >= 0.6 is 31.9 Å². The second kappa shape index (κ2) is 7.25. The molecular formula is C11H17Br2N3. The first-order chi connectivity index (χ1) is 7.59. The van der Waals surface area contributed by atoms with Crippen molar-refractivity contribution in [1.29, 1.82) is 0 Å². The first kappa shape index (κ1) is 13.9. The van der Waals surface area contributed by atoms with Crippen molar-refractivity contribution < 1.29 is 0 Å². The molecule has 0 unspecified atom stereocenters. The van der Waals surface area contributed by atoms with Crippen LogP contribution in [0.1, 0.15) is 12.8 Å². The van der Waals surface area contributed by atoms with E-state index >= 15 is 0 Å². The topological polar surface area (TPSA) is 28.2 Å². The highest BCUT2D eigenvalue weighted by atomic mass is 79.9. The minimum absolute atomic E-state index is 0.910. The molecule has 0 amide bonds. The van der Waals surface area contributed by atoms with Gasteiger partial charge < -0.3 is 10.2 Å². The fourth-order valence-corrected chi connectivity index (χ4v) is 2.43. The van der Waals surface area contributed by atoms with Gasteiger partial charge >= 0.3 is 0 Å². The second-order valence-corrected chi connectivity index (χ2v) is 5.69. The number of rotatable bonds is 6. The minimum atomic E-state index is 0.910. The molecule has 5 heteroatoms. The molecule has 0 spiro atoms. The summed E-state index contributed by atoms with van der Waals surface area (Å²) in [6.45, 7) is 2.09. The van der Waals surface area contributed by atoms with E-state index in [9.17, 15) is 0 Å². The Morgan fingerprint density at radius 2 is 2.06 bits per heavy atom. The summed E-state index contributed by atoms with van der Waals surface area (Å²) in [5.41, 5.74) is 0. The Kier molecular flexibility index (Phi) is 6.31. The van der Waals surface area contributed by atoms with Gasteiger partial charge in [0.1, 0.15) is 5.82 Å². The molecule has 3 nitrogen and oxygen atoms in total. The van der Waals surface area contributed by atoms with Gasteiger partial charge in [0.2, 0.25) is 0 Å². The first-order valence-electron chi connectivity index (χ1n) is 5.29. The lowest BCUT2D eigenvalue weighted by molar-refractivity contribution is 0.396. The van der Waals surface area contributed by atoms with Crippen LogP contribution < -0.4 is 5.32 Å². The van der Waals surface area contributed by atoms with E-state index in [4.69, 9.17) is 0 Å². The predicted octanol–water partition coefficient (Wildman–Crippen LogP) is 3.36. The highest BCUT2D eigenvalue weighted by molar-refractivity contribution is 9.11. The van der Waals surface area contributed by atoms with Crippen molar-refractivity contribution in [1.82, 2.24) is 9.88 Å². The van der Waals surface area contributed by atoms with Crippen molar-refractivity contribution in [2.45, 2.75) is 12.8 Å². The summed E-state index contributed by atoms with van der Waals surface area (Å²) >= 11 is 6.86. The maximum atomic E-state index is 4.30. The van der Waals surface area contributed by atoms with E-state index in [2.05, 4.69) is 61.2 Å². The fraction of sp³-hybridized carbons (Fsp3) is 0.545. The molecular weight excluding hydrogens is 334 g/mol. The zero-order valence-electron chi connectivity index (χ0n) is 9.63. The third kappa shape index (κ3) is 5.27. The number of unbranched alkanes of at least 4 members (excludes halogenated alkanes) is 1. The fourth-order valence-electron chi connectivity index (χ4n) is 1.30.